The smallest absolute Gasteiger partial charge is 0.193 e. The van der Waals surface area contributed by atoms with E-state index in [0.717, 1.165) is 30.4 Å². The van der Waals surface area contributed by atoms with Crippen molar-refractivity contribution in [2.45, 2.75) is 40.0 Å². The summed E-state index contributed by atoms with van der Waals surface area (Å²) in [5, 5.41) is 0. The molecule has 2 saturated carbocycles. The van der Waals surface area contributed by atoms with Gasteiger partial charge < -0.3 is 0 Å². The Hall–Kier alpha value is -3.26. The van der Waals surface area contributed by atoms with Gasteiger partial charge in [-0.25, -0.2) is 0 Å². The number of rotatable bonds is 5. The van der Waals surface area contributed by atoms with E-state index in [2.05, 4.69) is 51.1 Å². The van der Waals surface area contributed by atoms with Crippen LogP contribution in [-0.2, 0) is 11.2 Å². The Kier molecular flexibility index (Phi) is 5.20. The van der Waals surface area contributed by atoms with Crippen molar-refractivity contribution in [1.82, 2.24) is 0 Å². The molecule has 2 bridgehead atoms. The molecule has 3 aromatic rings. The molecule has 5 rings (SSSR count). The molecule has 2 fully saturated rings. The van der Waals surface area contributed by atoms with Crippen LogP contribution in [0.2, 0.25) is 0 Å². The Morgan fingerprint density at radius 2 is 1.42 bits per heavy atom. The molecule has 2 atom stereocenters. The summed E-state index contributed by atoms with van der Waals surface area (Å²) in [6.07, 6.45) is 5.05. The Morgan fingerprint density at radius 3 is 2.00 bits per heavy atom. The highest BCUT2D eigenvalue weighted by atomic mass is 16.1. The monoisotopic (exact) mass is 434 g/mol. The summed E-state index contributed by atoms with van der Waals surface area (Å²) in [6, 6.07) is 25.8. The van der Waals surface area contributed by atoms with E-state index >= 15 is 0 Å². The minimum absolute atomic E-state index is 0.0455. The van der Waals surface area contributed by atoms with E-state index in [0.29, 0.717) is 22.8 Å². The highest BCUT2D eigenvalue weighted by Crippen LogP contribution is 2.65. The van der Waals surface area contributed by atoms with E-state index < -0.39 is 0 Å². The average molecular weight is 435 g/mol. The summed E-state index contributed by atoms with van der Waals surface area (Å²) in [6.45, 7) is 6.66. The second-order valence-electron chi connectivity index (χ2n) is 10.4. The SMILES string of the molecule is CC12CCC(C(=Cc3ccc(Cc4ccc(C(=O)c5ccccc5)cc4)cc3)C1=O)C2(C)C. The predicted molar refractivity (Wildman–Crippen MR) is 133 cm³/mol. The Balaban J connectivity index is 1.29. The standard InChI is InChI=1S/C31H30O2/c1-30(2)27-17-18-31(30,3)29(33)26(27)20-23-11-9-21(10-12-23)19-22-13-15-25(16-14-22)28(32)24-7-5-4-6-8-24/h4-16,20,27H,17-19H2,1-3H3. The van der Waals surface area contributed by atoms with Gasteiger partial charge in [-0.1, -0.05) is 99.6 Å². The maximum Gasteiger partial charge on any atom is 0.193 e. The number of carbonyl (C=O) groups is 2. The van der Waals surface area contributed by atoms with Gasteiger partial charge in [0.1, 0.15) is 0 Å². The molecule has 0 saturated heterocycles. The molecule has 2 aliphatic carbocycles. The van der Waals surface area contributed by atoms with Crippen molar-refractivity contribution in [3.8, 4) is 0 Å². The molecule has 2 unspecified atom stereocenters. The van der Waals surface area contributed by atoms with Crippen LogP contribution in [0.15, 0.2) is 84.4 Å². The number of hydrogen-bond acceptors (Lipinski definition) is 2. The molecule has 3 aromatic carbocycles. The summed E-state index contributed by atoms with van der Waals surface area (Å²) < 4.78 is 0. The van der Waals surface area contributed by atoms with Gasteiger partial charge in [0.05, 0.1) is 0 Å². The number of fused-ring (bicyclic) bond motifs is 2. The highest BCUT2D eigenvalue weighted by Gasteiger charge is 2.63. The second-order valence-corrected chi connectivity index (χ2v) is 10.4. The lowest BCUT2D eigenvalue weighted by Crippen LogP contribution is -2.32. The molecule has 0 N–H and O–H groups in total. The lowest BCUT2D eigenvalue weighted by molar-refractivity contribution is -0.125. The van der Waals surface area contributed by atoms with Crippen molar-refractivity contribution in [2.24, 2.45) is 16.7 Å². The average Bonchev–Trinajstić information content (AvgIpc) is 3.14. The van der Waals surface area contributed by atoms with Crippen molar-refractivity contribution < 1.29 is 9.59 Å². The molecule has 2 aliphatic rings. The molecule has 0 aliphatic heterocycles. The molecule has 0 heterocycles. The summed E-state index contributed by atoms with van der Waals surface area (Å²) in [5.74, 6) is 0.761. The first kappa shape index (κ1) is 21.6. The van der Waals surface area contributed by atoms with Gasteiger partial charge in [0, 0.05) is 16.5 Å². The van der Waals surface area contributed by atoms with Crippen LogP contribution < -0.4 is 0 Å². The van der Waals surface area contributed by atoms with Gasteiger partial charge in [0.2, 0.25) is 0 Å². The molecule has 0 amide bonds. The molecule has 0 spiro atoms. The quantitative estimate of drug-likeness (QED) is 0.323. The minimum atomic E-state index is -0.211. The van der Waals surface area contributed by atoms with Crippen LogP contribution in [0.5, 0.6) is 0 Å². The number of ketones is 2. The van der Waals surface area contributed by atoms with Crippen LogP contribution in [0.1, 0.15) is 66.2 Å². The number of Topliss-reactive ketones (excluding diaryl/α,β-unsaturated/α-hetero) is 1. The van der Waals surface area contributed by atoms with Crippen molar-refractivity contribution in [2.75, 3.05) is 0 Å². The molecule has 2 heteroatoms. The van der Waals surface area contributed by atoms with E-state index in [4.69, 9.17) is 0 Å². The Labute approximate surface area is 196 Å². The normalized spacial score (nSPS) is 24.4. The molecule has 0 aromatic heterocycles. The fraction of sp³-hybridized carbons (Fsp3) is 0.290. The van der Waals surface area contributed by atoms with E-state index in [9.17, 15) is 9.59 Å². The van der Waals surface area contributed by atoms with Gasteiger partial charge in [-0.05, 0) is 58.9 Å². The number of allylic oxidation sites excluding steroid dienone is 1. The van der Waals surface area contributed by atoms with Gasteiger partial charge >= 0.3 is 0 Å². The summed E-state index contributed by atoms with van der Waals surface area (Å²) in [4.78, 5) is 25.7. The third-order valence-corrected chi connectivity index (χ3v) is 8.33. The van der Waals surface area contributed by atoms with Crippen LogP contribution in [0.25, 0.3) is 6.08 Å². The van der Waals surface area contributed by atoms with Crippen LogP contribution in [-0.4, -0.2) is 11.6 Å². The van der Waals surface area contributed by atoms with Crippen molar-refractivity contribution in [1.29, 1.82) is 0 Å². The molecule has 2 nitrogen and oxygen atoms in total. The Bertz CT molecular complexity index is 1230. The lowest BCUT2D eigenvalue weighted by atomic mass is 9.70. The zero-order chi connectivity index (χ0) is 23.2. The fourth-order valence-corrected chi connectivity index (χ4v) is 5.77. The summed E-state index contributed by atoms with van der Waals surface area (Å²) in [7, 11) is 0. The molecular weight excluding hydrogens is 404 g/mol. The van der Waals surface area contributed by atoms with Crippen LogP contribution in [0, 0.1) is 16.7 Å². The third kappa shape index (κ3) is 3.58. The van der Waals surface area contributed by atoms with Crippen LogP contribution >= 0.6 is 0 Å². The third-order valence-electron chi connectivity index (χ3n) is 8.33. The summed E-state index contributed by atoms with van der Waals surface area (Å²) >= 11 is 0. The van der Waals surface area contributed by atoms with E-state index in [1.807, 2.05) is 54.6 Å². The van der Waals surface area contributed by atoms with Crippen LogP contribution in [0.4, 0.5) is 0 Å². The van der Waals surface area contributed by atoms with Gasteiger partial charge in [0.25, 0.3) is 0 Å². The Morgan fingerprint density at radius 1 is 0.848 bits per heavy atom. The molecule has 0 radical (unpaired) electrons. The zero-order valence-corrected chi connectivity index (χ0v) is 19.6. The van der Waals surface area contributed by atoms with Gasteiger partial charge in [-0.2, -0.15) is 0 Å². The molecule has 33 heavy (non-hydrogen) atoms. The maximum atomic E-state index is 13.1. The first-order valence-corrected chi connectivity index (χ1v) is 11.8. The van der Waals surface area contributed by atoms with Crippen molar-refractivity contribution >= 4 is 17.6 Å². The minimum Gasteiger partial charge on any atom is -0.294 e. The van der Waals surface area contributed by atoms with E-state index in [1.165, 1.54) is 11.1 Å². The predicted octanol–water partition coefficient (Wildman–Crippen LogP) is 6.92. The zero-order valence-electron chi connectivity index (χ0n) is 19.6. The highest BCUT2D eigenvalue weighted by molar-refractivity contribution is 6.09. The number of benzene rings is 3. The first-order chi connectivity index (χ1) is 15.8. The maximum absolute atomic E-state index is 13.1. The van der Waals surface area contributed by atoms with Gasteiger partial charge in [-0.3, -0.25) is 9.59 Å². The van der Waals surface area contributed by atoms with E-state index in [1.54, 1.807) is 0 Å². The van der Waals surface area contributed by atoms with Crippen molar-refractivity contribution in [3.05, 3.63) is 112 Å². The fourth-order valence-electron chi connectivity index (χ4n) is 5.77. The van der Waals surface area contributed by atoms with Gasteiger partial charge in [-0.15, -0.1) is 0 Å². The largest absolute Gasteiger partial charge is 0.294 e. The number of carbonyl (C=O) groups excluding carboxylic acids is 2. The lowest BCUT2D eigenvalue weighted by Gasteiger charge is -2.31. The number of hydrogen-bond donors (Lipinski definition) is 0. The summed E-state index contributed by atoms with van der Waals surface area (Å²) in [5.41, 5.74) is 5.74. The first-order valence-electron chi connectivity index (χ1n) is 11.8. The van der Waals surface area contributed by atoms with Gasteiger partial charge in [0.15, 0.2) is 11.6 Å². The second kappa shape index (κ2) is 7.95. The molecular formula is C31H30O2. The molecule has 166 valence electrons. The van der Waals surface area contributed by atoms with Crippen molar-refractivity contribution in [3.63, 3.8) is 0 Å². The van der Waals surface area contributed by atoms with E-state index in [-0.39, 0.29) is 16.6 Å². The van der Waals surface area contributed by atoms with Crippen LogP contribution in [0.3, 0.4) is 0 Å². The topological polar surface area (TPSA) is 34.1 Å².